The molecule has 0 spiro atoms. The van der Waals surface area contributed by atoms with Crippen LogP contribution in [0.15, 0.2) is 53.8 Å². The number of aliphatic hydroxyl groups excluding tert-OH is 2. The van der Waals surface area contributed by atoms with E-state index in [-0.39, 0.29) is 18.4 Å². The Morgan fingerprint density at radius 1 is 1.30 bits per heavy atom. The van der Waals surface area contributed by atoms with Gasteiger partial charge in [-0.15, -0.1) is 0 Å². The van der Waals surface area contributed by atoms with Gasteiger partial charge in [-0.3, -0.25) is 9.79 Å². The second-order valence-corrected chi connectivity index (χ2v) is 8.48. The van der Waals surface area contributed by atoms with Crippen LogP contribution in [0.1, 0.15) is 24.1 Å². The standard InChI is InChI=1S/C23H25N5O5/c1-25-12-23(17-8-7-15-20(24)26-13-27-28(15)17)19(30)18(29)16(33-23)11-32-21(31)22(9-10-22)14-5-3-2-4-6-14/h2-8,12-13,16,18-19,29-30H,9-11H2,1H3,(H2,24,26,27)/t16-,18-,19-,23+/m1/s1. The van der Waals surface area contributed by atoms with Crippen LogP contribution < -0.4 is 5.73 Å². The number of aliphatic imine (C=N–C) groups is 1. The summed E-state index contributed by atoms with van der Waals surface area (Å²) in [6, 6.07) is 12.9. The van der Waals surface area contributed by atoms with E-state index in [0.29, 0.717) is 24.1 Å². The van der Waals surface area contributed by atoms with Crippen molar-refractivity contribution in [3.05, 3.63) is 60.0 Å². The number of nitrogens with two attached hydrogens (primary N) is 1. The number of carbonyl (C=O) groups is 1. The number of rotatable bonds is 6. The highest BCUT2D eigenvalue weighted by Crippen LogP contribution is 2.49. The number of anilines is 1. The molecular weight excluding hydrogens is 426 g/mol. The molecule has 172 valence electrons. The van der Waals surface area contributed by atoms with Crippen molar-refractivity contribution < 1.29 is 24.5 Å². The number of aliphatic hydroxyl groups is 2. The van der Waals surface area contributed by atoms with Crippen LogP contribution in [0, 0.1) is 0 Å². The minimum Gasteiger partial charge on any atom is -0.462 e. The van der Waals surface area contributed by atoms with Crippen LogP contribution in [0.2, 0.25) is 0 Å². The fourth-order valence-electron chi connectivity index (χ4n) is 4.59. The lowest BCUT2D eigenvalue weighted by atomic mass is 9.92. The fraction of sp³-hybridized carbons (Fsp3) is 0.391. The lowest BCUT2D eigenvalue weighted by molar-refractivity contribution is -0.153. The van der Waals surface area contributed by atoms with E-state index in [4.69, 9.17) is 15.2 Å². The van der Waals surface area contributed by atoms with Gasteiger partial charge in [0.2, 0.25) is 0 Å². The largest absolute Gasteiger partial charge is 0.462 e. The Bertz CT molecular complexity index is 1210. The van der Waals surface area contributed by atoms with Gasteiger partial charge >= 0.3 is 5.97 Å². The lowest BCUT2D eigenvalue weighted by Crippen LogP contribution is -2.43. The number of hydrogen-bond donors (Lipinski definition) is 3. The van der Waals surface area contributed by atoms with Crippen molar-refractivity contribution in [1.82, 2.24) is 14.6 Å². The SMILES string of the molecule is CN=C[C@@]1(c2ccc3c(N)ncnn23)O[C@H](COC(=O)C2(c3ccccc3)CC2)[C@@H](O)[C@H]1O. The average molecular weight is 451 g/mol. The second-order valence-electron chi connectivity index (χ2n) is 8.48. The Morgan fingerprint density at radius 2 is 2.06 bits per heavy atom. The van der Waals surface area contributed by atoms with Gasteiger partial charge in [-0.1, -0.05) is 30.3 Å². The van der Waals surface area contributed by atoms with Crippen LogP contribution in [0.4, 0.5) is 5.82 Å². The van der Waals surface area contributed by atoms with Crippen molar-refractivity contribution in [2.75, 3.05) is 19.4 Å². The topological polar surface area (TPSA) is 145 Å². The van der Waals surface area contributed by atoms with E-state index in [1.165, 1.54) is 24.1 Å². The Labute approximate surface area is 189 Å². The van der Waals surface area contributed by atoms with E-state index in [0.717, 1.165) is 5.56 Å². The highest BCUT2D eigenvalue weighted by molar-refractivity contribution is 5.86. The zero-order chi connectivity index (χ0) is 23.2. The zero-order valence-electron chi connectivity index (χ0n) is 18.0. The van der Waals surface area contributed by atoms with Crippen LogP contribution in [0.5, 0.6) is 0 Å². The summed E-state index contributed by atoms with van der Waals surface area (Å²) in [7, 11) is 1.54. The first-order valence-corrected chi connectivity index (χ1v) is 10.7. The summed E-state index contributed by atoms with van der Waals surface area (Å²) in [6.45, 7) is -0.217. The van der Waals surface area contributed by atoms with Gasteiger partial charge < -0.3 is 25.4 Å². The van der Waals surface area contributed by atoms with Gasteiger partial charge in [-0.05, 0) is 30.5 Å². The molecule has 1 saturated heterocycles. The highest BCUT2D eigenvalue weighted by atomic mass is 16.6. The average Bonchev–Trinajstić information content (AvgIpc) is 3.47. The predicted octanol–water partition coefficient (Wildman–Crippen LogP) is 0.603. The monoisotopic (exact) mass is 451 g/mol. The molecule has 2 aromatic heterocycles. The number of nitrogens with zero attached hydrogens (tertiary/aromatic N) is 4. The minimum absolute atomic E-state index is 0.217. The molecular formula is C23H25N5O5. The molecule has 10 heteroatoms. The quantitative estimate of drug-likeness (QED) is 0.365. The van der Waals surface area contributed by atoms with Crippen molar-refractivity contribution >= 4 is 23.5 Å². The minimum atomic E-state index is -1.52. The van der Waals surface area contributed by atoms with Gasteiger partial charge in [-0.2, -0.15) is 5.10 Å². The molecule has 10 nitrogen and oxygen atoms in total. The van der Waals surface area contributed by atoms with E-state index in [2.05, 4.69) is 15.1 Å². The molecule has 0 unspecified atom stereocenters. The van der Waals surface area contributed by atoms with Gasteiger partial charge in [0.15, 0.2) is 11.4 Å². The fourth-order valence-corrected chi connectivity index (χ4v) is 4.59. The van der Waals surface area contributed by atoms with Crippen LogP contribution in [0.25, 0.3) is 5.52 Å². The number of esters is 1. The Morgan fingerprint density at radius 3 is 2.76 bits per heavy atom. The third-order valence-electron chi connectivity index (χ3n) is 6.54. The van der Waals surface area contributed by atoms with Crippen LogP contribution >= 0.6 is 0 Å². The van der Waals surface area contributed by atoms with Gasteiger partial charge in [-0.25, -0.2) is 9.50 Å². The van der Waals surface area contributed by atoms with Crippen LogP contribution in [0.3, 0.4) is 0 Å². The third-order valence-corrected chi connectivity index (χ3v) is 6.54. The van der Waals surface area contributed by atoms with E-state index in [1.807, 2.05) is 30.3 Å². The number of carbonyl (C=O) groups excluding carboxylic acids is 1. The normalized spacial score (nSPS) is 28.4. The maximum atomic E-state index is 12.9. The third kappa shape index (κ3) is 3.29. The molecule has 4 atom stereocenters. The van der Waals surface area contributed by atoms with E-state index < -0.39 is 29.3 Å². The van der Waals surface area contributed by atoms with E-state index in [1.54, 1.807) is 12.1 Å². The van der Waals surface area contributed by atoms with Gasteiger partial charge in [0.05, 0.1) is 11.1 Å². The molecule has 0 bridgehead atoms. The highest BCUT2D eigenvalue weighted by Gasteiger charge is 2.57. The zero-order valence-corrected chi connectivity index (χ0v) is 18.0. The number of ether oxygens (including phenoxy) is 2. The van der Waals surface area contributed by atoms with E-state index in [9.17, 15) is 15.0 Å². The number of nitrogen functional groups attached to an aromatic ring is 1. The van der Waals surface area contributed by atoms with Crippen molar-refractivity contribution in [3.8, 4) is 0 Å². The predicted molar refractivity (Wildman–Crippen MR) is 119 cm³/mol. The van der Waals surface area contributed by atoms with Crippen molar-refractivity contribution in [3.63, 3.8) is 0 Å². The molecule has 3 heterocycles. The summed E-state index contributed by atoms with van der Waals surface area (Å²) in [5.74, 6) is -0.108. The van der Waals surface area contributed by atoms with Crippen LogP contribution in [-0.4, -0.2) is 69.0 Å². The molecule has 5 rings (SSSR count). The lowest BCUT2D eigenvalue weighted by Gasteiger charge is -2.27. The number of aromatic nitrogens is 3. The summed E-state index contributed by atoms with van der Waals surface area (Å²) in [4.78, 5) is 20.9. The molecule has 4 N–H and O–H groups in total. The molecule has 2 aliphatic rings. The number of fused-ring (bicyclic) bond motifs is 1. The Balaban J connectivity index is 1.40. The molecule has 1 aliphatic heterocycles. The summed E-state index contributed by atoms with van der Waals surface area (Å²) in [6.07, 6.45) is 0.425. The maximum absolute atomic E-state index is 12.9. The van der Waals surface area contributed by atoms with Crippen LogP contribution in [-0.2, 0) is 25.3 Å². The van der Waals surface area contributed by atoms with Crippen molar-refractivity contribution in [2.24, 2.45) is 4.99 Å². The molecule has 1 saturated carbocycles. The smallest absolute Gasteiger partial charge is 0.316 e. The summed E-state index contributed by atoms with van der Waals surface area (Å²) < 4.78 is 13.2. The second kappa shape index (κ2) is 7.91. The summed E-state index contributed by atoms with van der Waals surface area (Å²) in [5.41, 5.74) is 5.61. The van der Waals surface area contributed by atoms with Crippen molar-refractivity contribution in [2.45, 2.75) is 42.2 Å². The number of hydrogen-bond acceptors (Lipinski definition) is 9. The van der Waals surface area contributed by atoms with Gasteiger partial charge in [0.1, 0.15) is 36.8 Å². The molecule has 33 heavy (non-hydrogen) atoms. The first-order valence-electron chi connectivity index (χ1n) is 10.7. The Hall–Kier alpha value is -3.34. The molecule has 0 amide bonds. The summed E-state index contributed by atoms with van der Waals surface area (Å²) in [5, 5.41) is 26.0. The molecule has 1 aromatic carbocycles. The van der Waals surface area contributed by atoms with Crippen molar-refractivity contribution in [1.29, 1.82) is 0 Å². The number of benzene rings is 1. The molecule has 2 fully saturated rings. The molecule has 0 radical (unpaired) electrons. The summed E-state index contributed by atoms with van der Waals surface area (Å²) >= 11 is 0. The Kier molecular flexibility index (Phi) is 5.15. The van der Waals surface area contributed by atoms with Gasteiger partial charge in [0.25, 0.3) is 0 Å². The molecule has 1 aliphatic carbocycles. The van der Waals surface area contributed by atoms with Gasteiger partial charge in [0, 0.05) is 13.3 Å². The maximum Gasteiger partial charge on any atom is 0.316 e. The first-order chi connectivity index (χ1) is 15.9. The first kappa shape index (κ1) is 21.5. The molecule has 3 aromatic rings. The van der Waals surface area contributed by atoms with E-state index >= 15 is 0 Å².